The molecule has 59 heavy (non-hydrogen) atoms. The van der Waals surface area contributed by atoms with Gasteiger partial charge in [-0.05, 0) is 103 Å². The zero-order valence-electron chi connectivity index (χ0n) is 34.0. The number of likely N-dealkylation sites (tertiary alicyclic amines) is 1. The fourth-order valence-electron chi connectivity index (χ4n) is 8.56. The minimum Gasteiger partial charge on any atom is -0.491 e. The average Bonchev–Trinajstić information content (AvgIpc) is 3.26. The summed E-state index contributed by atoms with van der Waals surface area (Å²) in [5.74, 6) is 1.98. The quantitative estimate of drug-likeness (QED) is 0.0968. The number of benzene rings is 5. The van der Waals surface area contributed by atoms with Crippen LogP contribution in [0.3, 0.4) is 0 Å². The first-order chi connectivity index (χ1) is 28.6. The molecule has 1 aliphatic heterocycles. The smallest absolute Gasteiger partial charge is 0.253 e. The summed E-state index contributed by atoms with van der Waals surface area (Å²) in [5, 5.41) is 11.3. The second-order valence-corrected chi connectivity index (χ2v) is 18.0. The van der Waals surface area contributed by atoms with Crippen LogP contribution in [0.2, 0.25) is 0 Å². The molecule has 1 saturated carbocycles. The van der Waals surface area contributed by atoms with Gasteiger partial charge in [0.2, 0.25) is 10.0 Å². The number of hydrogen-bond donors (Lipinski definition) is 2. The van der Waals surface area contributed by atoms with Gasteiger partial charge >= 0.3 is 0 Å². The molecule has 5 aromatic carbocycles. The van der Waals surface area contributed by atoms with E-state index in [-0.39, 0.29) is 24.8 Å². The van der Waals surface area contributed by atoms with Crippen LogP contribution in [0.15, 0.2) is 133 Å². The highest BCUT2D eigenvalue weighted by atomic mass is 32.2. The third-order valence-corrected chi connectivity index (χ3v) is 12.3. The lowest BCUT2D eigenvalue weighted by atomic mass is 9.81. The molecule has 0 radical (unpaired) electrons. The zero-order valence-corrected chi connectivity index (χ0v) is 34.8. The molecule has 2 N–H and O–H groups in total. The first-order valence-corrected chi connectivity index (χ1v) is 22.8. The Morgan fingerprint density at radius 3 is 2.00 bits per heavy atom. The summed E-state index contributed by atoms with van der Waals surface area (Å²) in [6.45, 7) is 3.08. The number of rotatable bonds is 17. The highest BCUT2D eigenvalue weighted by Gasteiger charge is 2.29. The van der Waals surface area contributed by atoms with Crippen LogP contribution in [0.5, 0.6) is 11.5 Å². The van der Waals surface area contributed by atoms with E-state index >= 15 is 0 Å². The Morgan fingerprint density at radius 1 is 0.763 bits per heavy atom. The van der Waals surface area contributed by atoms with Crippen molar-refractivity contribution in [3.05, 3.63) is 161 Å². The minimum atomic E-state index is -3.59. The Bertz CT molecular complexity index is 2170. The second-order valence-electron chi connectivity index (χ2n) is 16.2. The van der Waals surface area contributed by atoms with Gasteiger partial charge in [0.15, 0.2) is 0 Å². The van der Waals surface area contributed by atoms with E-state index in [9.17, 15) is 18.3 Å². The lowest BCUT2D eigenvalue weighted by Gasteiger charge is -2.38. The third kappa shape index (κ3) is 12.4. The number of hydrogen-bond acceptors (Lipinski definition) is 7. The first-order valence-electron chi connectivity index (χ1n) is 21.0. The van der Waals surface area contributed by atoms with Crippen LogP contribution in [-0.4, -0.2) is 73.9 Å². The molecule has 310 valence electrons. The van der Waals surface area contributed by atoms with Gasteiger partial charge < -0.3 is 19.5 Å². The van der Waals surface area contributed by atoms with E-state index in [1.165, 1.54) is 16.7 Å². The lowest BCUT2D eigenvalue weighted by Crippen LogP contribution is -2.43. The Morgan fingerprint density at radius 2 is 1.37 bits per heavy atom. The number of carbonyl (C=O) groups is 1. The largest absolute Gasteiger partial charge is 0.491 e. The third-order valence-electron chi connectivity index (χ3n) is 11.7. The van der Waals surface area contributed by atoms with Crippen molar-refractivity contribution < 1.29 is 27.8 Å². The van der Waals surface area contributed by atoms with Crippen LogP contribution >= 0.6 is 0 Å². The van der Waals surface area contributed by atoms with Gasteiger partial charge in [-0.25, -0.2) is 8.42 Å². The van der Waals surface area contributed by atoms with E-state index in [0.29, 0.717) is 42.5 Å². The van der Waals surface area contributed by atoms with Crippen LogP contribution in [0.1, 0.15) is 77.1 Å². The monoisotopic (exact) mass is 815 g/mol. The Hall–Kier alpha value is -5.16. The van der Waals surface area contributed by atoms with Crippen LogP contribution in [-0.2, 0) is 29.6 Å². The molecule has 0 bridgehead atoms. The number of aliphatic hydroxyl groups excluding tert-OH is 1. The lowest BCUT2D eigenvalue weighted by molar-refractivity contribution is 0.0384. The minimum absolute atomic E-state index is 0.0416. The van der Waals surface area contributed by atoms with Gasteiger partial charge in [-0.15, -0.1) is 0 Å². The Balaban J connectivity index is 0.922. The fraction of sp³-hybridized carbons (Fsp3) is 0.367. The molecule has 2 fully saturated rings. The van der Waals surface area contributed by atoms with Gasteiger partial charge in [0.05, 0.1) is 11.9 Å². The van der Waals surface area contributed by atoms with Crippen LogP contribution < -0.4 is 14.2 Å². The molecule has 2 aliphatic rings. The average molecular weight is 816 g/mol. The molecule has 1 atom stereocenters. The summed E-state index contributed by atoms with van der Waals surface area (Å²) >= 11 is 0. The van der Waals surface area contributed by atoms with E-state index < -0.39 is 16.1 Å². The Labute approximate surface area is 350 Å². The number of ether oxygens (including phenoxy) is 2. The molecule has 5 aromatic rings. The van der Waals surface area contributed by atoms with E-state index in [1.807, 2.05) is 65.6 Å². The number of nitrogens with one attached hydrogen (secondary N) is 1. The number of nitrogens with zero attached hydrogens (tertiary/aromatic N) is 2. The fourth-order valence-corrected chi connectivity index (χ4v) is 9.12. The zero-order chi connectivity index (χ0) is 41.0. The molecular formula is C49H57N3O6S. The molecule has 9 nitrogen and oxygen atoms in total. The maximum atomic E-state index is 13.4. The summed E-state index contributed by atoms with van der Waals surface area (Å²) < 4.78 is 39.0. The highest BCUT2D eigenvalue weighted by Crippen LogP contribution is 2.36. The summed E-state index contributed by atoms with van der Waals surface area (Å²) in [6.07, 6.45) is 7.52. The predicted molar refractivity (Wildman–Crippen MR) is 234 cm³/mol. The van der Waals surface area contributed by atoms with Gasteiger partial charge in [-0.3, -0.25) is 14.4 Å². The van der Waals surface area contributed by atoms with Crippen molar-refractivity contribution in [2.24, 2.45) is 5.92 Å². The number of aliphatic hydroxyl groups is 1. The van der Waals surface area contributed by atoms with Crippen molar-refractivity contribution >= 4 is 21.6 Å². The maximum absolute atomic E-state index is 13.4. The summed E-state index contributed by atoms with van der Waals surface area (Å²) in [4.78, 5) is 17.8. The molecular weight excluding hydrogens is 759 g/mol. The number of piperidine rings is 1. The summed E-state index contributed by atoms with van der Waals surface area (Å²) in [6, 6.07) is 44.3. The molecule has 1 amide bonds. The van der Waals surface area contributed by atoms with Crippen molar-refractivity contribution in [1.82, 2.24) is 9.80 Å². The number of amides is 1. The van der Waals surface area contributed by atoms with Crippen molar-refractivity contribution in [1.29, 1.82) is 0 Å². The van der Waals surface area contributed by atoms with Crippen molar-refractivity contribution in [2.75, 3.05) is 37.2 Å². The van der Waals surface area contributed by atoms with Gasteiger partial charge in [0.1, 0.15) is 30.8 Å². The molecule has 10 heteroatoms. The molecule has 1 heterocycles. The van der Waals surface area contributed by atoms with Crippen LogP contribution in [0, 0.1) is 5.92 Å². The first kappa shape index (κ1) is 42.0. The number of sulfonamides is 1. The van der Waals surface area contributed by atoms with Crippen molar-refractivity contribution in [2.45, 2.75) is 76.2 Å². The second kappa shape index (κ2) is 20.2. The number of carbonyl (C=O) groups excluding carboxylic acids is 1. The van der Waals surface area contributed by atoms with Crippen LogP contribution in [0.4, 0.5) is 5.69 Å². The van der Waals surface area contributed by atoms with E-state index in [2.05, 4.69) is 64.2 Å². The molecule has 1 aliphatic carbocycles. The van der Waals surface area contributed by atoms with E-state index in [1.54, 1.807) is 18.2 Å². The van der Waals surface area contributed by atoms with Crippen molar-refractivity contribution in [3.63, 3.8) is 0 Å². The SMILES string of the molecule is CS(=O)(=O)Nc1cc(OC[C@H](O)CN(Cc2ccccc2)C2CCC(c3ccc(C(=O)N4CCC(Cc5ccccc5)CC4)cc3)CC2)ccc1OCc1ccccc1. The van der Waals surface area contributed by atoms with E-state index in [0.717, 1.165) is 75.4 Å². The van der Waals surface area contributed by atoms with Gasteiger partial charge in [-0.1, -0.05) is 103 Å². The molecule has 0 aromatic heterocycles. The molecule has 0 unspecified atom stereocenters. The van der Waals surface area contributed by atoms with Crippen molar-refractivity contribution in [3.8, 4) is 11.5 Å². The van der Waals surface area contributed by atoms with Gasteiger partial charge in [0, 0.05) is 43.9 Å². The van der Waals surface area contributed by atoms with Gasteiger partial charge in [0.25, 0.3) is 5.91 Å². The van der Waals surface area contributed by atoms with E-state index in [4.69, 9.17) is 9.47 Å². The molecule has 0 spiro atoms. The molecule has 7 rings (SSSR count). The standard InChI is InChI=1S/C49H57N3O6S/c1-59(55,56)50-47-32-46(25-26-48(47)58-35-40-15-9-4-10-16-40)57-36-45(53)34-52(33-39-13-7-3-8-14-39)44-23-21-42(22-24-44)41-17-19-43(20-18-41)49(54)51-29-27-38(28-30-51)31-37-11-5-2-6-12-37/h2-20,25-26,32,38,42,44-45,50,53H,21-24,27-31,33-36H2,1H3/t42?,44?,45-/m1/s1. The van der Waals surface area contributed by atoms with Gasteiger partial charge in [-0.2, -0.15) is 0 Å². The normalized spacial score (nSPS) is 18.0. The number of anilines is 1. The summed E-state index contributed by atoms with van der Waals surface area (Å²) in [7, 11) is -3.59. The molecule has 1 saturated heterocycles. The summed E-state index contributed by atoms with van der Waals surface area (Å²) in [5.41, 5.74) is 5.84. The topological polar surface area (TPSA) is 108 Å². The predicted octanol–water partition coefficient (Wildman–Crippen LogP) is 8.70. The van der Waals surface area contributed by atoms with Crippen LogP contribution in [0.25, 0.3) is 0 Å². The maximum Gasteiger partial charge on any atom is 0.253 e. The Kier molecular flexibility index (Phi) is 14.4. The highest BCUT2D eigenvalue weighted by molar-refractivity contribution is 7.92.